The first-order chi connectivity index (χ1) is 18.1. The lowest BCUT2D eigenvalue weighted by Crippen LogP contribution is -2.53. The molecule has 1 aliphatic carbocycles. The van der Waals surface area contributed by atoms with Crippen LogP contribution in [0.2, 0.25) is 0 Å². The van der Waals surface area contributed by atoms with Crippen molar-refractivity contribution >= 4 is 23.4 Å². The molecule has 0 unspecified atom stereocenters. The van der Waals surface area contributed by atoms with Crippen molar-refractivity contribution in [1.82, 2.24) is 24.8 Å². The van der Waals surface area contributed by atoms with Crippen molar-refractivity contribution in [1.29, 1.82) is 0 Å². The molecule has 1 saturated carbocycles. The summed E-state index contributed by atoms with van der Waals surface area (Å²) in [7, 11) is 0. The maximum Gasteiger partial charge on any atom is 0.324 e. The largest absolute Gasteiger partial charge is 0.480 e. The zero-order chi connectivity index (χ0) is 25.7. The van der Waals surface area contributed by atoms with Crippen molar-refractivity contribution < 1.29 is 9.90 Å². The van der Waals surface area contributed by atoms with Gasteiger partial charge in [0.2, 0.25) is 5.95 Å². The molecule has 10 nitrogen and oxygen atoms in total. The quantitative estimate of drug-likeness (QED) is 0.290. The zero-order valence-corrected chi connectivity index (χ0v) is 20.9. The van der Waals surface area contributed by atoms with Crippen LogP contribution in [0.15, 0.2) is 55.0 Å². The van der Waals surface area contributed by atoms with Crippen molar-refractivity contribution in [3.63, 3.8) is 0 Å². The summed E-state index contributed by atoms with van der Waals surface area (Å²) in [6, 6.07) is 12.3. The maximum absolute atomic E-state index is 11.6. The third-order valence-corrected chi connectivity index (χ3v) is 7.11. The predicted octanol–water partition coefficient (Wildman–Crippen LogP) is 2.78. The lowest BCUT2D eigenvalue weighted by molar-refractivity contribution is -0.146. The van der Waals surface area contributed by atoms with E-state index in [1.165, 1.54) is 5.56 Å². The van der Waals surface area contributed by atoms with E-state index in [9.17, 15) is 9.90 Å². The number of nitrogens with two attached hydrogens (primary N) is 1. The number of aliphatic carboxylic acids is 1. The van der Waals surface area contributed by atoms with Crippen LogP contribution in [0.4, 0.5) is 17.5 Å². The minimum absolute atomic E-state index is 0.590. The first kappa shape index (κ1) is 25.1. The van der Waals surface area contributed by atoms with Crippen molar-refractivity contribution in [2.45, 2.75) is 31.3 Å². The van der Waals surface area contributed by atoms with Gasteiger partial charge in [-0.1, -0.05) is 12.1 Å². The van der Waals surface area contributed by atoms with E-state index in [-0.39, 0.29) is 0 Å². The van der Waals surface area contributed by atoms with Crippen molar-refractivity contribution in [2.24, 2.45) is 5.73 Å². The summed E-state index contributed by atoms with van der Waals surface area (Å²) in [5.74, 6) is 0.672. The number of nitrogens with zero attached hydrogens (tertiary/aromatic N) is 5. The molecule has 5 rings (SSSR count). The second kappa shape index (κ2) is 11.2. The van der Waals surface area contributed by atoms with Crippen LogP contribution in [0.5, 0.6) is 0 Å². The Balaban J connectivity index is 1.18. The molecule has 2 aromatic heterocycles. The van der Waals surface area contributed by atoms with Gasteiger partial charge in [0.15, 0.2) is 0 Å². The van der Waals surface area contributed by atoms with Gasteiger partial charge in [0.1, 0.15) is 11.4 Å². The summed E-state index contributed by atoms with van der Waals surface area (Å²) >= 11 is 0. The highest BCUT2D eigenvalue weighted by atomic mass is 16.4. The fourth-order valence-corrected chi connectivity index (χ4v) is 4.82. The van der Waals surface area contributed by atoms with E-state index in [4.69, 9.17) is 5.73 Å². The van der Waals surface area contributed by atoms with Gasteiger partial charge < -0.3 is 21.5 Å². The Kier molecular flexibility index (Phi) is 7.59. The molecule has 1 saturated heterocycles. The summed E-state index contributed by atoms with van der Waals surface area (Å²) in [5, 5.41) is 16.1. The van der Waals surface area contributed by atoms with Gasteiger partial charge in [-0.15, -0.1) is 0 Å². The lowest BCUT2D eigenvalue weighted by Gasteiger charge is -2.38. The normalized spacial score (nSPS) is 17.3. The molecule has 0 bridgehead atoms. The van der Waals surface area contributed by atoms with E-state index in [0.29, 0.717) is 12.5 Å². The Labute approximate surface area is 216 Å². The van der Waals surface area contributed by atoms with E-state index in [1.54, 1.807) is 18.6 Å². The number of rotatable bonds is 11. The SMILES string of the molecule is NCCCNc1ncc(-c2ccnc(Nc3cccc(CN4CCN(C5(C(=O)O)CC5)CC4)c3)c2)cn1. The third kappa shape index (κ3) is 6.04. The average molecular weight is 503 g/mol. The third-order valence-electron chi connectivity index (χ3n) is 7.11. The molecule has 5 N–H and O–H groups in total. The Morgan fingerprint density at radius 1 is 1.03 bits per heavy atom. The van der Waals surface area contributed by atoms with Crippen LogP contribution in [0.3, 0.4) is 0 Å². The molecule has 0 atom stereocenters. The number of anilines is 3. The Hall–Kier alpha value is -3.60. The molecule has 3 aromatic rings. The zero-order valence-electron chi connectivity index (χ0n) is 20.9. The number of hydrogen-bond acceptors (Lipinski definition) is 9. The van der Waals surface area contributed by atoms with Gasteiger partial charge in [-0.25, -0.2) is 15.0 Å². The Morgan fingerprint density at radius 3 is 2.51 bits per heavy atom. The fraction of sp³-hybridized carbons (Fsp3) is 0.407. The maximum atomic E-state index is 11.6. The average Bonchev–Trinajstić information content (AvgIpc) is 3.73. The molecule has 37 heavy (non-hydrogen) atoms. The van der Waals surface area contributed by atoms with E-state index >= 15 is 0 Å². The van der Waals surface area contributed by atoms with Crippen LogP contribution in [-0.2, 0) is 11.3 Å². The summed E-state index contributed by atoms with van der Waals surface area (Å²) in [5.41, 5.74) is 9.01. The summed E-state index contributed by atoms with van der Waals surface area (Å²) in [4.78, 5) is 29.4. The molecule has 0 spiro atoms. The van der Waals surface area contributed by atoms with Gasteiger partial charge in [-0.05, 0) is 61.2 Å². The molecule has 1 aliphatic heterocycles. The van der Waals surface area contributed by atoms with E-state index < -0.39 is 11.5 Å². The molecule has 194 valence electrons. The van der Waals surface area contributed by atoms with Gasteiger partial charge in [-0.2, -0.15) is 0 Å². The van der Waals surface area contributed by atoms with Gasteiger partial charge in [-0.3, -0.25) is 14.6 Å². The molecular weight excluding hydrogens is 468 g/mol. The number of carboxylic acids is 1. The highest BCUT2D eigenvalue weighted by Gasteiger charge is 2.55. The Bertz CT molecular complexity index is 1210. The highest BCUT2D eigenvalue weighted by Crippen LogP contribution is 2.42. The van der Waals surface area contributed by atoms with E-state index in [2.05, 4.69) is 47.5 Å². The fourth-order valence-electron chi connectivity index (χ4n) is 4.82. The number of hydrogen-bond donors (Lipinski definition) is 4. The molecule has 10 heteroatoms. The van der Waals surface area contributed by atoms with Gasteiger partial charge >= 0.3 is 5.97 Å². The summed E-state index contributed by atoms with van der Waals surface area (Å²) < 4.78 is 0. The topological polar surface area (TPSA) is 133 Å². The lowest BCUT2D eigenvalue weighted by atomic mass is 10.1. The van der Waals surface area contributed by atoms with Crippen molar-refractivity contribution in [3.05, 3.63) is 60.6 Å². The molecular formula is C27H34N8O2. The number of nitrogens with one attached hydrogen (secondary N) is 2. The number of pyridine rings is 1. The second-order valence-electron chi connectivity index (χ2n) is 9.72. The highest BCUT2D eigenvalue weighted by molar-refractivity contribution is 5.82. The first-order valence-corrected chi connectivity index (χ1v) is 12.8. The molecule has 2 fully saturated rings. The number of carbonyl (C=O) groups is 1. The van der Waals surface area contributed by atoms with Crippen LogP contribution < -0.4 is 16.4 Å². The summed E-state index contributed by atoms with van der Waals surface area (Å²) in [6.07, 6.45) is 7.80. The molecule has 3 heterocycles. The number of benzene rings is 1. The van der Waals surface area contributed by atoms with E-state index in [1.807, 2.05) is 24.3 Å². The molecule has 0 amide bonds. The minimum Gasteiger partial charge on any atom is -0.480 e. The minimum atomic E-state index is -0.669. The van der Waals surface area contributed by atoms with Gasteiger partial charge in [0, 0.05) is 69.1 Å². The van der Waals surface area contributed by atoms with Gasteiger partial charge in [0.25, 0.3) is 0 Å². The Morgan fingerprint density at radius 2 is 1.81 bits per heavy atom. The number of carboxylic acid groups (broad SMARTS) is 1. The van der Waals surface area contributed by atoms with Crippen LogP contribution >= 0.6 is 0 Å². The second-order valence-corrected chi connectivity index (χ2v) is 9.72. The van der Waals surface area contributed by atoms with Crippen molar-refractivity contribution in [3.8, 4) is 11.1 Å². The first-order valence-electron chi connectivity index (χ1n) is 12.8. The molecule has 1 aromatic carbocycles. The van der Waals surface area contributed by atoms with Gasteiger partial charge in [0.05, 0.1) is 0 Å². The number of aromatic nitrogens is 3. The standard InChI is InChI=1S/C27H34N8O2/c28-8-2-9-30-26-31-17-22(18-32-26)21-5-10-29-24(16-21)33-23-4-1-3-20(15-23)19-34-11-13-35(14-12-34)27(6-7-27)25(36)37/h1,3-5,10,15-18H,2,6-9,11-14,19,28H2,(H,29,33)(H,36,37)(H,30,31,32). The van der Waals surface area contributed by atoms with Crippen LogP contribution in [-0.4, -0.2) is 80.6 Å². The molecule has 2 aliphatic rings. The van der Waals surface area contributed by atoms with Crippen molar-refractivity contribution in [2.75, 3.05) is 49.9 Å². The van der Waals surface area contributed by atoms with E-state index in [0.717, 1.165) is 81.2 Å². The predicted molar refractivity (Wildman–Crippen MR) is 144 cm³/mol. The summed E-state index contributed by atoms with van der Waals surface area (Å²) in [6.45, 7) is 5.57. The van der Waals surface area contributed by atoms with Crippen LogP contribution in [0.25, 0.3) is 11.1 Å². The molecule has 0 radical (unpaired) electrons. The smallest absolute Gasteiger partial charge is 0.324 e. The monoisotopic (exact) mass is 502 g/mol. The number of piperazine rings is 1. The van der Waals surface area contributed by atoms with Crippen LogP contribution in [0, 0.1) is 0 Å². The van der Waals surface area contributed by atoms with Crippen LogP contribution in [0.1, 0.15) is 24.8 Å².